The van der Waals surface area contributed by atoms with Gasteiger partial charge in [0.25, 0.3) is 0 Å². The SMILES string of the molecule is [CH2]C(C)(C)c1ccc([S+]([O-])CC)cc1. The molecule has 0 bridgehead atoms. The fraction of sp³-hybridized carbons (Fsp3) is 0.417. The molecule has 77 valence electrons. The predicted molar refractivity (Wildman–Crippen MR) is 61.8 cm³/mol. The van der Waals surface area contributed by atoms with Gasteiger partial charge in [0, 0.05) is 0 Å². The van der Waals surface area contributed by atoms with E-state index in [0.29, 0.717) is 5.75 Å². The van der Waals surface area contributed by atoms with Crippen LogP contribution in [0.3, 0.4) is 0 Å². The Hall–Kier alpha value is -0.470. The van der Waals surface area contributed by atoms with E-state index in [1.807, 2.05) is 31.2 Å². The number of hydrogen-bond acceptors (Lipinski definition) is 1. The van der Waals surface area contributed by atoms with Crippen LogP contribution in [0.25, 0.3) is 0 Å². The van der Waals surface area contributed by atoms with Gasteiger partial charge in [0.05, 0.1) is 0 Å². The Bertz CT molecular complexity index is 284. The molecule has 1 aromatic rings. The van der Waals surface area contributed by atoms with E-state index in [-0.39, 0.29) is 5.41 Å². The van der Waals surface area contributed by atoms with Crippen molar-refractivity contribution in [1.82, 2.24) is 0 Å². The summed E-state index contributed by atoms with van der Waals surface area (Å²) in [7, 11) is 0. The highest BCUT2D eigenvalue weighted by Crippen LogP contribution is 2.23. The van der Waals surface area contributed by atoms with Crippen LogP contribution in [-0.4, -0.2) is 10.3 Å². The van der Waals surface area contributed by atoms with Gasteiger partial charge < -0.3 is 4.55 Å². The molecule has 0 saturated carbocycles. The van der Waals surface area contributed by atoms with Crippen LogP contribution in [0.2, 0.25) is 0 Å². The van der Waals surface area contributed by atoms with Gasteiger partial charge >= 0.3 is 0 Å². The second kappa shape index (κ2) is 4.37. The van der Waals surface area contributed by atoms with E-state index in [0.717, 1.165) is 4.90 Å². The zero-order valence-corrected chi connectivity index (χ0v) is 9.86. The fourth-order valence-electron chi connectivity index (χ4n) is 1.22. The van der Waals surface area contributed by atoms with Crippen LogP contribution in [-0.2, 0) is 16.6 Å². The molecule has 0 amide bonds. The van der Waals surface area contributed by atoms with Crippen LogP contribution < -0.4 is 0 Å². The Kier molecular flexibility index (Phi) is 3.62. The summed E-state index contributed by atoms with van der Waals surface area (Å²) in [5, 5.41) is 0. The van der Waals surface area contributed by atoms with Crippen molar-refractivity contribution in [3.05, 3.63) is 36.8 Å². The zero-order chi connectivity index (χ0) is 10.8. The summed E-state index contributed by atoms with van der Waals surface area (Å²) in [6.45, 7) is 10.1. The Balaban J connectivity index is 2.89. The molecule has 1 unspecified atom stereocenters. The Morgan fingerprint density at radius 3 is 2.14 bits per heavy atom. The van der Waals surface area contributed by atoms with Crippen molar-refractivity contribution in [1.29, 1.82) is 0 Å². The highest BCUT2D eigenvalue weighted by Gasteiger charge is 2.15. The van der Waals surface area contributed by atoms with E-state index in [1.54, 1.807) is 0 Å². The normalized spacial score (nSPS) is 14.1. The maximum Gasteiger partial charge on any atom is 0.152 e. The molecule has 0 fully saturated rings. The summed E-state index contributed by atoms with van der Waals surface area (Å²) >= 11 is -0.846. The van der Waals surface area contributed by atoms with Crippen LogP contribution in [0.5, 0.6) is 0 Å². The first kappa shape index (κ1) is 11.6. The third-order valence-corrected chi connectivity index (χ3v) is 3.48. The monoisotopic (exact) mass is 209 g/mol. The zero-order valence-electron chi connectivity index (χ0n) is 9.04. The average Bonchev–Trinajstić information content (AvgIpc) is 2.15. The summed E-state index contributed by atoms with van der Waals surface area (Å²) in [5.74, 6) is 0.674. The second-order valence-corrected chi connectivity index (χ2v) is 5.78. The molecule has 1 radical (unpaired) electrons. The lowest BCUT2D eigenvalue weighted by molar-refractivity contribution is 0.596. The largest absolute Gasteiger partial charge is 0.611 e. The maximum atomic E-state index is 11.5. The van der Waals surface area contributed by atoms with Gasteiger partial charge in [0.2, 0.25) is 0 Å². The molecule has 1 nitrogen and oxygen atoms in total. The van der Waals surface area contributed by atoms with Crippen LogP contribution in [0.15, 0.2) is 29.2 Å². The number of benzene rings is 1. The van der Waals surface area contributed by atoms with Gasteiger partial charge in [0.15, 0.2) is 4.90 Å². The smallest absolute Gasteiger partial charge is 0.152 e. The summed E-state index contributed by atoms with van der Waals surface area (Å²) < 4.78 is 11.5. The number of hydrogen-bond donors (Lipinski definition) is 0. The van der Waals surface area contributed by atoms with Crippen molar-refractivity contribution < 1.29 is 4.55 Å². The van der Waals surface area contributed by atoms with Crippen molar-refractivity contribution >= 4 is 11.2 Å². The number of rotatable bonds is 3. The Morgan fingerprint density at radius 1 is 1.29 bits per heavy atom. The van der Waals surface area contributed by atoms with E-state index in [1.165, 1.54) is 5.56 Å². The highest BCUT2D eigenvalue weighted by atomic mass is 32.2. The van der Waals surface area contributed by atoms with Crippen LogP contribution >= 0.6 is 0 Å². The van der Waals surface area contributed by atoms with Gasteiger partial charge in [-0.15, -0.1) is 0 Å². The molecule has 0 heterocycles. The van der Waals surface area contributed by atoms with Gasteiger partial charge in [-0.2, -0.15) is 0 Å². The molecule has 0 aliphatic carbocycles. The molecule has 0 aliphatic rings. The van der Waals surface area contributed by atoms with Crippen LogP contribution in [0, 0.1) is 6.92 Å². The van der Waals surface area contributed by atoms with Crippen molar-refractivity contribution in [3.8, 4) is 0 Å². The molecule has 14 heavy (non-hydrogen) atoms. The minimum atomic E-state index is -0.846. The Labute approximate surface area is 89.7 Å². The van der Waals surface area contributed by atoms with Crippen molar-refractivity contribution in [2.45, 2.75) is 31.1 Å². The molecule has 0 spiro atoms. The second-order valence-electron chi connectivity index (χ2n) is 4.04. The summed E-state index contributed by atoms with van der Waals surface area (Å²) in [6.07, 6.45) is 0. The van der Waals surface area contributed by atoms with Gasteiger partial charge in [-0.05, 0) is 48.1 Å². The predicted octanol–water partition coefficient (Wildman–Crippen LogP) is 2.93. The third kappa shape index (κ3) is 2.76. The van der Waals surface area contributed by atoms with Crippen molar-refractivity contribution in [2.75, 3.05) is 5.75 Å². The topological polar surface area (TPSA) is 23.1 Å². The van der Waals surface area contributed by atoms with Gasteiger partial charge in [0.1, 0.15) is 5.75 Å². The molecule has 1 aromatic carbocycles. The molecule has 0 saturated heterocycles. The van der Waals surface area contributed by atoms with Gasteiger partial charge in [-0.25, -0.2) is 0 Å². The van der Waals surface area contributed by atoms with Gasteiger partial charge in [-0.3, -0.25) is 0 Å². The molecule has 1 rings (SSSR count). The lowest BCUT2D eigenvalue weighted by atomic mass is 9.87. The summed E-state index contributed by atoms with van der Waals surface area (Å²) in [5.41, 5.74) is 1.10. The fourth-order valence-corrected chi connectivity index (χ4v) is 2.00. The molecule has 0 aromatic heterocycles. The van der Waals surface area contributed by atoms with Crippen molar-refractivity contribution in [2.24, 2.45) is 0 Å². The molecule has 1 atom stereocenters. The minimum absolute atomic E-state index is 0.0771. The van der Waals surface area contributed by atoms with Gasteiger partial charge in [-0.1, -0.05) is 26.0 Å². The standard InChI is InChI=1S/C12H17OS/c1-5-14(13)11-8-6-10(7-9-11)12(2,3)4/h6-9H,2,5H2,1,3-4H3. The van der Waals surface area contributed by atoms with E-state index < -0.39 is 11.2 Å². The first-order valence-corrected chi connectivity index (χ1v) is 6.11. The average molecular weight is 209 g/mol. The van der Waals surface area contributed by atoms with Crippen LogP contribution in [0.4, 0.5) is 0 Å². The summed E-state index contributed by atoms with van der Waals surface area (Å²) in [6, 6.07) is 7.88. The third-order valence-electron chi connectivity index (χ3n) is 2.16. The lowest BCUT2D eigenvalue weighted by Crippen LogP contribution is -2.12. The highest BCUT2D eigenvalue weighted by molar-refractivity contribution is 7.91. The Morgan fingerprint density at radius 2 is 1.79 bits per heavy atom. The van der Waals surface area contributed by atoms with Crippen molar-refractivity contribution in [3.63, 3.8) is 0 Å². The first-order valence-electron chi connectivity index (χ1n) is 4.79. The van der Waals surface area contributed by atoms with E-state index in [2.05, 4.69) is 20.8 Å². The maximum absolute atomic E-state index is 11.5. The van der Waals surface area contributed by atoms with E-state index >= 15 is 0 Å². The molecule has 0 N–H and O–H groups in total. The summed E-state index contributed by atoms with van der Waals surface area (Å²) in [4.78, 5) is 0.903. The van der Waals surface area contributed by atoms with E-state index in [9.17, 15) is 4.55 Å². The minimum Gasteiger partial charge on any atom is -0.611 e. The lowest BCUT2D eigenvalue weighted by Gasteiger charge is -2.19. The molecule has 0 aliphatic heterocycles. The van der Waals surface area contributed by atoms with E-state index in [4.69, 9.17) is 0 Å². The quantitative estimate of drug-likeness (QED) is 0.702. The molecule has 2 heteroatoms. The molecular weight excluding hydrogens is 192 g/mol. The molecular formula is C12H17OS. The first-order chi connectivity index (χ1) is 6.45. The van der Waals surface area contributed by atoms with Crippen LogP contribution in [0.1, 0.15) is 26.3 Å².